The van der Waals surface area contributed by atoms with Crippen LogP contribution in [0, 0.1) is 17.2 Å². The molecule has 1 atom stereocenters. The molecule has 2 fully saturated rings. The van der Waals surface area contributed by atoms with Crippen LogP contribution in [-0.4, -0.2) is 67.5 Å². The Morgan fingerprint density at radius 2 is 2.05 bits per heavy atom. The highest BCUT2D eigenvalue weighted by Gasteiger charge is 2.37. The van der Waals surface area contributed by atoms with Crippen molar-refractivity contribution in [3.63, 3.8) is 0 Å². The fourth-order valence-electron chi connectivity index (χ4n) is 5.44. The zero-order valence-electron chi connectivity index (χ0n) is 22.9. The Balaban J connectivity index is 1.42. The second-order valence-electron chi connectivity index (χ2n) is 11.3. The van der Waals surface area contributed by atoms with E-state index in [0.717, 1.165) is 41.9 Å². The lowest BCUT2D eigenvalue weighted by atomic mass is 9.84. The number of aromatic nitrogens is 2. The number of hydrogen-bond acceptors (Lipinski definition) is 7. The molecule has 9 nitrogen and oxygen atoms in total. The van der Waals surface area contributed by atoms with Crippen LogP contribution in [0.5, 0.6) is 0 Å². The number of likely N-dealkylation sites (tertiary alicyclic amines) is 2. The number of anilines is 1. The monoisotopic (exact) mass is 582 g/mol. The molecule has 2 amide bonds. The van der Waals surface area contributed by atoms with Crippen LogP contribution in [0.15, 0.2) is 42.5 Å². The van der Waals surface area contributed by atoms with Gasteiger partial charge in [-0.05, 0) is 56.5 Å². The number of halogens is 2. The molecule has 0 radical (unpaired) electrons. The van der Waals surface area contributed by atoms with Gasteiger partial charge in [0.05, 0.1) is 32.4 Å². The van der Waals surface area contributed by atoms with Gasteiger partial charge in [-0.25, -0.2) is 13.8 Å². The number of amides is 2. The lowest BCUT2D eigenvalue weighted by Crippen LogP contribution is -2.55. The van der Waals surface area contributed by atoms with Crippen LogP contribution in [0.2, 0.25) is 0 Å². The normalized spacial score (nSPS) is 18.1. The Labute approximate surface area is 240 Å². The van der Waals surface area contributed by atoms with Gasteiger partial charge in [0.15, 0.2) is 0 Å². The summed E-state index contributed by atoms with van der Waals surface area (Å²) in [4.78, 5) is 34.4. The number of carbonyl (C=O) groups is 2. The summed E-state index contributed by atoms with van der Waals surface area (Å²) in [5, 5.41) is 22.2. The Morgan fingerprint density at radius 1 is 1.29 bits per heavy atom. The van der Waals surface area contributed by atoms with E-state index in [4.69, 9.17) is 4.98 Å². The molecule has 216 valence electrons. The average molecular weight is 583 g/mol. The van der Waals surface area contributed by atoms with Crippen molar-refractivity contribution in [1.82, 2.24) is 19.4 Å². The van der Waals surface area contributed by atoms with Gasteiger partial charge >= 0.3 is 0 Å². The van der Waals surface area contributed by atoms with Crippen molar-refractivity contribution in [2.45, 2.75) is 57.8 Å². The molecule has 0 spiro atoms. The standard InChI is InChI=1S/C29H32F2N6O3S/c1-17(12-32)27(39)36-10-4-5-20(36)16-37-22-7-6-18(13-35-14-19(15-35)29(2,3)40)11-21(22)33-28(37)34-26(38)24-9-8-23(41-24)25(30)31/h6-9,11,19-20,25,40H,1,4-5,10,13-16H2,2-3H3,(H,33,34,38)/t20-/m1/s1. The van der Waals surface area contributed by atoms with Gasteiger partial charge in [-0.3, -0.25) is 19.8 Å². The minimum Gasteiger partial charge on any atom is -0.390 e. The van der Waals surface area contributed by atoms with Crippen LogP contribution < -0.4 is 5.32 Å². The Hall–Kier alpha value is -3.66. The Kier molecular flexibility index (Phi) is 7.96. The molecule has 4 heterocycles. The van der Waals surface area contributed by atoms with Gasteiger partial charge in [-0.15, -0.1) is 11.3 Å². The van der Waals surface area contributed by atoms with E-state index in [-0.39, 0.29) is 33.2 Å². The molecule has 5 rings (SSSR count). The van der Waals surface area contributed by atoms with Crippen molar-refractivity contribution in [1.29, 1.82) is 5.26 Å². The molecule has 3 aromatic rings. The quantitative estimate of drug-likeness (QED) is 0.282. The summed E-state index contributed by atoms with van der Waals surface area (Å²) in [5.74, 6) is -0.499. The number of fused-ring (bicyclic) bond motifs is 1. The second kappa shape index (κ2) is 11.3. The highest BCUT2D eigenvalue weighted by atomic mass is 32.1. The number of aliphatic hydroxyl groups is 1. The molecular formula is C29H32F2N6O3S. The van der Waals surface area contributed by atoms with Crippen LogP contribution in [0.3, 0.4) is 0 Å². The summed E-state index contributed by atoms with van der Waals surface area (Å²) >= 11 is 0.728. The summed E-state index contributed by atoms with van der Waals surface area (Å²) < 4.78 is 28.1. The zero-order valence-corrected chi connectivity index (χ0v) is 23.8. The Bertz CT molecular complexity index is 1530. The smallest absolute Gasteiger partial charge is 0.272 e. The van der Waals surface area contributed by atoms with Crippen molar-refractivity contribution in [2.24, 2.45) is 5.92 Å². The van der Waals surface area contributed by atoms with Gasteiger partial charge in [-0.1, -0.05) is 12.6 Å². The van der Waals surface area contributed by atoms with Gasteiger partial charge in [0, 0.05) is 38.6 Å². The predicted octanol–water partition coefficient (Wildman–Crippen LogP) is 4.56. The van der Waals surface area contributed by atoms with E-state index in [1.807, 2.05) is 42.7 Å². The third kappa shape index (κ3) is 6.02. The molecule has 0 saturated carbocycles. The highest BCUT2D eigenvalue weighted by Crippen LogP contribution is 2.31. The van der Waals surface area contributed by atoms with Crippen LogP contribution in [0.4, 0.5) is 14.7 Å². The average Bonchev–Trinajstić information content (AvgIpc) is 3.64. The van der Waals surface area contributed by atoms with E-state index in [1.54, 1.807) is 4.90 Å². The van der Waals surface area contributed by atoms with E-state index < -0.39 is 23.8 Å². The predicted molar refractivity (Wildman–Crippen MR) is 152 cm³/mol. The maximum atomic E-state index is 13.1. The fraction of sp³-hybridized carbons (Fsp3) is 0.448. The van der Waals surface area contributed by atoms with Gasteiger partial charge in [-0.2, -0.15) is 5.26 Å². The third-order valence-corrected chi connectivity index (χ3v) is 8.98. The van der Waals surface area contributed by atoms with E-state index in [0.29, 0.717) is 31.6 Å². The molecule has 0 aliphatic carbocycles. The molecular weight excluding hydrogens is 550 g/mol. The molecule has 2 N–H and O–H groups in total. The molecule has 0 bridgehead atoms. The minimum absolute atomic E-state index is 0.129. The molecule has 2 aromatic heterocycles. The summed E-state index contributed by atoms with van der Waals surface area (Å²) in [6.45, 7) is 10.3. The van der Waals surface area contributed by atoms with Crippen molar-refractivity contribution < 1.29 is 23.5 Å². The van der Waals surface area contributed by atoms with E-state index in [9.17, 15) is 28.7 Å². The number of hydrogen-bond donors (Lipinski definition) is 2. The van der Waals surface area contributed by atoms with Crippen LogP contribution >= 0.6 is 11.3 Å². The second-order valence-corrected chi connectivity index (χ2v) is 12.4. The largest absolute Gasteiger partial charge is 0.390 e. The van der Waals surface area contributed by atoms with Gasteiger partial charge in [0.1, 0.15) is 11.6 Å². The van der Waals surface area contributed by atoms with E-state index in [2.05, 4.69) is 16.8 Å². The number of nitrogens with one attached hydrogen (secondary N) is 1. The van der Waals surface area contributed by atoms with Crippen molar-refractivity contribution in [3.8, 4) is 6.07 Å². The molecule has 2 aliphatic rings. The van der Waals surface area contributed by atoms with Gasteiger partial charge in [0.2, 0.25) is 5.95 Å². The molecule has 1 aromatic carbocycles. The number of thiophene rings is 1. The number of imidazole rings is 1. The summed E-state index contributed by atoms with van der Waals surface area (Å²) in [6.07, 6.45) is -1.19. The first kappa shape index (κ1) is 28.9. The zero-order chi connectivity index (χ0) is 29.5. The molecule has 41 heavy (non-hydrogen) atoms. The maximum absolute atomic E-state index is 13.1. The maximum Gasteiger partial charge on any atom is 0.272 e. The van der Waals surface area contributed by atoms with E-state index in [1.165, 1.54) is 12.1 Å². The van der Waals surface area contributed by atoms with Gasteiger partial charge in [0.25, 0.3) is 18.2 Å². The summed E-state index contributed by atoms with van der Waals surface area (Å²) in [5.41, 5.74) is 1.57. The van der Waals surface area contributed by atoms with Crippen LogP contribution in [-0.2, 0) is 17.9 Å². The molecule has 0 unspecified atom stereocenters. The fourth-order valence-corrected chi connectivity index (χ4v) is 6.20. The number of alkyl halides is 2. The van der Waals surface area contributed by atoms with Crippen molar-refractivity contribution in [3.05, 3.63) is 57.8 Å². The molecule has 2 saturated heterocycles. The SMILES string of the molecule is C=C(C#N)C(=O)N1CCC[C@@H]1Cn1c(NC(=O)c2ccc(C(F)F)s2)nc2cc(CN3CC(C(C)(C)O)C3)ccc21. The first-order valence-electron chi connectivity index (χ1n) is 13.5. The lowest BCUT2D eigenvalue weighted by molar-refractivity contribution is -0.127. The number of benzene rings is 1. The number of nitrogens with zero attached hydrogens (tertiary/aromatic N) is 5. The first-order valence-corrected chi connectivity index (χ1v) is 14.3. The molecule has 2 aliphatic heterocycles. The number of rotatable bonds is 9. The van der Waals surface area contributed by atoms with Gasteiger partial charge < -0.3 is 14.6 Å². The highest BCUT2D eigenvalue weighted by molar-refractivity contribution is 7.14. The summed E-state index contributed by atoms with van der Waals surface area (Å²) in [7, 11) is 0. The summed E-state index contributed by atoms with van der Waals surface area (Å²) in [6, 6.07) is 10.1. The van der Waals surface area contributed by atoms with Crippen molar-refractivity contribution >= 4 is 40.1 Å². The number of carbonyl (C=O) groups excluding carboxylic acids is 2. The third-order valence-electron chi connectivity index (χ3n) is 7.89. The molecule has 12 heteroatoms. The topological polar surface area (TPSA) is 114 Å². The van der Waals surface area contributed by atoms with E-state index >= 15 is 0 Å². The first-order chi connectivity index (χ1) is 19.4. The number of nitriles is 1. The van der Waals surface area contributed by atoms with Crippen molar-refractivity contribution in [2.75, 3.05) is 25.0 Å². The Morgan fingerprint density at radius 3 is 2.71 bits per heavy atom. The van der Waals surface area contributed by atoms with Crippen LogP contribution in [0.1, 0.15) is 53.2 Å². The van der Waals surface area contributed by atoms with Crippen LogP contribution in [0.25, 0.3) is 11.0 Å². The minimum atomic E-state index is -2.66. The lowest BCUT2D eigenvalue weighted by Gasteiger charge is -2.45.